The smallest absolute Gasteiger partial charge is 0.480 e. The number of rotatable bonds is 15. The lowest BCUT2D eigenvalue weighted by molar-refractivity contribution is -0.139. The molecular formula is C15H29N5O7Si. The van der Waals surface area contributed by atoms with Crippen LogP contribution in [-0.2, 0) is 22.9 Å². The highest BCUT2D eigenvalue weighted by atomic mass is 28.4. The Hall–Kier alpha value is -1.90. The minimum atomic E-state index is -2.70. The van der Waals surface area contributed by atoms with E-state index in [1.54, 1.807) is 0 Å². The van der Waals surface area contributed by atoms with Crippen molar-refractivity contribution in [2.45, 2.75) is 37.5 Å². The second-order valence-electron chi connectivity index (χ2n) is 6.05. The van der Waals surface area contributed by atoms with E-state index in [4.69, 9.17) is 18.4 Å². The summed E-state index contributed by atoms with van der Waals surface area (Å²) >= 11 is 0. The van der Waals surface area contributed by atoms with Crippen LogP contribution in [0.4, 0.5) is 5.95 Å². The number of aliphatic hydroxyl groups is 1. The fourth-order valence-electron chi connectivity index (χ4n) is 2.57. The maximum absolute atomic E-state index is 12.0. The Morgan fingerprint density at radius 1 is 1.21 bits per heavy atom. The number of nitrogens with one attached hydrogen (secondary N) is 3. The third-order valence-corrected chi connectivity index (χ3v) is 6.99. The van der Waals surface area contributed by atoms with Crippen LogP contribution in [0.25, 0.3) is 0 Å². The number of aliphatic hydroxyl groups excluding tert-OH is 1. The standard InChI is InChI=1S/C15H29N5O7Si/c1-16-12(14(23)24)13-18-15(20-19-13)17-9-11(22)8-10(21)6-5-7-28(25-2,26-3)27-4/h11-12,16,22H,5-9H2,1-4H3,(H,23,24)(H2,17,18,19,20). The summed E-state index contributed by atoms with van der Waals surface area (Å²) in [4.78, 5) is 25.8. The van der Waals surface area contributed by atoms with Crippen molar-refractivity contribution in [1.29, 1.82) is 0 Å². The summed E-state index contributed by atoms with van der Waals surface area (Å²) in [7, 11) is 3.34. The molecule has 0 aliphatic heterocycles. The highest BCUT2D eigenvalue weighted by Gasteiger charge is 2.37. The van der Waals surface area contributed by atoms with E-state index in [0.29, 0.717) is 12.5 Å². The van der Waals surface area contributed by atoms with Crippen LogP contribution in [-0.4, -0.2) is 87.0 Å². The molecule has 0 bridgehead atoms. The number of Topliss-reactive ketones (excluding diaryl/α,β-unsaturated/α-hetero) is 1. The third kappa shape index (κ3) is 7.25. The molecule has 0 amide bonds. The minimum Gasteiger partial charge on any atom is -0.480 e. The third-order valence-electron chi connectivity index (χ3n) is 4.15. The number of anilines is 1. The van der Waals surface area contributed by atoms with Gasteiger partial charge in [-0.05, 0) is 13.5 Å². The maximum atomic E-state index is 12.0. The largest absolute Gasteiger partial charge is 0.500 e. The lowest BCUT2D eigenvalue weighted by Crippen LogP contribution is -2.42. The molecule has 12 nitrogen and oxygen atoms in total. The van der Waals surface area contributed by atoms with Crippen molar-refractivity contribution < 1.29 is 33.1 Å². The second kappa shape index (κ2) is 11.8. The van der Waals surface area contributed by atoms with Crippen LogP contribution in [0.2, 0.25) is 6.04 Å². The first-order valence-corrected chi connectivity index (χ1v) is 10.7. The molecule has 28 heavy (non-hydrogen) atoms. The summed E-state index contributed by atoms with van der Waals surface area (Å²) in [6.45, 7) is 0.0601. The summed E-state index contributed by atoms with van der Waals surface area (Å²) in [5.41, 5.74) is 0. The molecule has 13 heteroatoms. The minimum absolute atomic E-state index is 0.0240. The van der Waals surface area contributed by atoms with Crippen molar-refractivity contribution in [2.24, 2.45) is 0 Å². The fraction of sp³-hybridized carbons (Fsp3) is 0.733. The van der Waals surface area contributed by atoms with Gasteiger partial charge in [-0.2, -0.15) is 0 Å². The molecule has 1 rings (SSSR count). The van der Waals surface area contributed by atoms with Gasteiger partial charge >= 0.3 is 14.8 Å². The van der Waals surface area contributed by atoms with Gasteiger partial charge in [-0.3, -0.25) is 9.59 Å². The number of hydrogen-bond acceptors (Lipinski definition) is 10. The molecule has 0 saturated carbocycles. The first-order valence-electron chi connectivity index (χ1n) is 8.72. The maximum Gasteiger partial charge on any atom is 0.500 e. The van der Waals surface area contributed by atoms with Crippen molar-refractivity contribution in [1.82, 2.24) is 20.5 Å². The zero-order valence-electron chi connectivity index (χ0n) is 16.5. The predicted octanol–water partition coefficient (Wildman–Crippen LogP) is -0.460. The molecule has 0 saturated heterocycles. The molecule has 0 fully saturated rings. The van der Waals surface area contributed by atoms with E-state index in [0.717, 1.165) is 0 Å². The van der Waals surface area contributed by atoms with Gasteiger partial charge < -0.3 is 39.1 Å². The van der Waals surface area contributed by atoms with Gasteiger partial charge in [0.05, 0.1) is 6.10 Å². The number of aromatic amines is 1. The van der Waals surface area contributed by atoms with E-state index in [2.05, 4.69) is 25.8 Å². The summed E-state index contributed by atoms with van der Waals surface area (Å²) in [5, 5.41) is 32.0. The Balaban J connectivity index is 2.38. The van der Waals surface area contributed by atoms with E-state index < -0.39 is 26.9 Å². The van der Waals surface area contributed by atoms with Crippen LogP contribution in [0.5, 0.6) is 0 Å². The summed E-state index contributed by atoms with van der Waals surface area (Å²) in [6.07, 6.45) is -0.136. The number of aromatic nitrogens is 3. The van der Waals surface area contributed by atoms with Gasteiger partial charge in [-0.25, -0.2) is 0 Å². The van der Waals surface area contributed by atoms with Gasteiger partial charge in [0.1, 0.15) is 5.78 Å². The molecule has 2 atom stereocenters. The zero-order chi connectivity index (χ0) is 21.2. The fourth-order valence-corrected chi connectivity index (χ4v) is 4.29. The van der Waals surface area contributed by atoms with Crippen LogP contribution in [0.1, 0.15) is 31.1 Å². The molecule has 0 spiro atoms. The average molecular weight is 420 g/mol. The molecule has 0 aliphatic carbocycles. The lowest BCUT2D eigenvalue weighted by Gasteiger charge is -2.24. The van der Waals surface area contributed by atoms with Gasteiger partial charge in [-0.1, -0.05) is 0 Å². The lowest BCUT2D eigenvalue weighted by atomic mass is 10.1. The normalized spacial score (nSPS) is 13.9. The molecule has 0 aliphatic rings. The summed E-state index contributed by atoms with van der Waals surface area (Å²) in [6, 6.07) is -0.510. The molecule has 1 aromatic rings. The Bertz CT molecular complexity index is 617. The van der Waals surface area contributed by atoms with Gasteiger partial charge in [0.15, 0.2) is 11.9 Å². The highest BCUT2D eigenvalue weighted by Crippen LogP contribution is 2.17. The predicted molar refractivity (Wildman–Crippen MR) is 101 cm³/mol. The van der Waals surface area contributed by atoms with Gasteiger partial charge in [0, 0.05) is 46.8 Å². The Morgan fingerprint density at radius 3 is 2.39 bits per heavy atom. The zero-order valence-corrected chi connectivity index (χ0v) is 17.5. The van der Waals surface area contributed by atoms with Gasteiger partial charge in [-0.15, -0.1) is 10.2 Å². The van der Waals surface area contributed by atoms with Crippen molar-refractivity contribution >= 4 is 26.5 Å². The number of carbonyl (C=O) groups excluding carboxylic acids is 1. The monoisotopic (exact) mass is 419 g/mol. The molecule has 1 heterocycles. The SMILES string of the molecule is CNC(C(=O)O)c1nnc(NCC(O)CC(=O)CCC[Si](OC)(OC)OC)[nH]1. The summed E-state index contributed by atoms with van der Waals surface area (Å²) in [5.74, 6) is -0.859. The van der Waals surface area contributed by atoms with Crippen molar-refractivity contribution in [3.8, 4) is 0 Å². The number of carboxylic acids is 1. The van der Waals surface area contributed by atoms with E-state index >= 15 is 0 Å². The number of carbonyl (C=O) groups is 2. The average Bonchev–Trinajstić information content (AvgIpc) is 3.13. The van der Waals surface area contributed by atoms with Crippen LogP contribution in [0.3, 0.4) is 0 Å². The number of aliphatic carboxylic acids is 1. The number of likely N-dealkylation sites (N-methyl/N-ethyl adjacent to an activating group) is 1. The number of hydrogen-bond donors (Lipinski definition) is 5. The van der Waals surface area contributed by atoms with E-state index in [1.165, 1.54) is 28.4 Å². The second-order valence-corrected chi connectivity index (χ2v) is 9.14. The van der Waals surface area contributed by atoms with E-state index in [-0.39, 0.29) is 36.9 Å². The number of H-pyrrole nitrogens is 1. The number of carboxylic acid groups (broad SMARTS) is 1. The topological polar surface area (TPSA) is 168 Å². The van der Waals surface area contributed by atoms with Crippen molar-refractivity contribution in [3.63, 3.8) is 0 Å². The molecular weight excluding hydrogens is 390 g/mol. The highest BCUT2D eigenvalue weighted by molar-refractivity contribution is 6.60. The number of nitrogens with zero attached hydrogens (tertiary/aromatic N) is 2. The van der Waals surface area contributed by atoms with Crippen LogP contribution in [0, 0.1) is 0 Å². The first-order chi connectivity index (χ1) is 13.3. The van der Waals surface area contributed by atoms with Gasteiger partial charge in [0.2, 0.25) is 5.95 Å². The Kier molecular flexibility index (Phi) is 10.2. The molecule has 1 aromatic heterocycles. The molecule has 0 aromatic carbocycles. The van der Waals surface area contributed by atoms with Crippen molar-refractivity contribution in [2.75, 3.05) is 40.2 Å². The van der Waals surface area contributed by atoms with Crippen LogP contribution in [0.15, 0.2) is 0 Å². The van der Waals surface area contributed by atoms with Crippen molar-refractivity contribution in [3.05, 3.63) is 5.82 Å². The Morgan fingerprint density at radius 2 is 1.86 bits per heavy atom. The van der Waals surface area contributed by atoms with Crippen LogP contribution < -0.4 is 10.6 Å². The molecule has 160 valence electrons. The van der Waals surface area contributed by atoms with Gasteiger partial charge in [0.25, 0.3) is 0 Å². The molecule has 5 N–H and O–H groups in total. The quantitative estimate of drug-likeness (QED) is 0.233. The Labute approximate surface area is 164 Å². The van der Waals surface area contributed by atoms with E-state index in [9.17, 15) is 14.7 Å². The van der Waals surface area contributed by atoms with E-state index in [1.807, 2.05) is 0 Å². The number of ketones is 1. The molecule has 2 unspecified atom stereocenters. The summed E-state index contributed by atoms with van der Waals surface area (Å²) < 4.78 is 15.9. The molecule has 0 radical (unpaired) electrons. The first kappa shape index (κ1) is 24.1. The van der Waals surface area contributed by atoms with Crippen LogP contribution >= 0.6 is 0 Å².